The highest BCUT2D eigenvalue weighted by atomic mass is 32.2. The number of carbonyl (C=O) groups is 2. The van der Waals surface area contributed by atoms with E-state index < -0.39 is 0 Å². The van der Waals surface area contributed by atoms with E-state index in [0.717, 1.165) is 0 Å². The number of hydrogen-bond acceptors (Lipinski definition) is 3. The number of hydrogen-bond donors (Lipinski definition) is 1. The minimum atomic E-state index is -0.0487. The van der Waals surface area contributed by atoms with Crippen molar-refractivity contribution in [3.05, 3.63) is 29.8 Å². The molecule has 1 aromatic carbocycles. The molecule has 0 aliphatic carbocycles. The Morgan fingerprint density at radius 3 is 2.36 bits per heavy atom. The molecule has 0 unspecified atom stereocenters. The van der Waals surface area contributed by atoms with Crippen LogP contribution in [0.5, 0.6) is 0 Å². The number of nitrogens with one attached hydrogen (secondary N) is 1. The van der Waals surface area contributed by atoms with E-state index in [1.807, 2.05) is 13.8 Å². The highest BCUT2D eigenvalue weighted by Gasteiger charge is 2.15. The Bertz CT molecular complexity index is 520. The van der Waals surface area contributed by atoms with E-state index in [1.165, 1.54) is 0 Å². The number of amides is 2. The van der Waals surface area contributed by atoms with Crippen LogP contribution in [-0.4, -0.2) is 40.3 Å². The lowest BCUT2D eigenvalue weighted by atomic mass is 10.1. The zero-order valence-electron chi connectivity index (χ0n) is 14.1. The van der Waals surface area contributed by atoms with Gasteiger partial charge in [0.05, 0.1) is 5.75 Å². The predicted molar refractivity (Wildman–Crippen MR) is 94.5 cm³/mol. The normalized spacial score (nSPS) is 11.1. The molecular weight excluding hydrogens is 296 g/mol. The summed E-state index contributed by atoms with van der Waals surface area (Å²) in [5.41, 5.74) is 1.27. The molecule has 4 nitrogen and oxygen atoms in total. The number of carbonyl (C=O) groups excluding carboxylic acids is 2. The molecule has 122 valence electrons. The van der Waals surface area contributed by atoms with Crippen LogP contribution in [0.3, 0.4) is 0 Å². The van der Waals surface area contributed by atoms with Crippen LogP contribution in [0, 0.1) is 0 Å². The minimum absolute atomic E-state index is 0.00911. The van der Waals surface area contributed by atoms with Gasteiger partial charge in [-0.05, 0) is 32.0 Å². The maximum atomic E-state index is 12.3. The molecular formula is C17H26N2O2S. The third-order valence-corrected chi connectivity index (χ3v) is 4.35. The van der Waals surface area contributed by atoms with Crippen LogP contribution in [0.15, 0.2) is 24.3 Å². The summed E-state index contributed by atoms with van der Waals surface area (Å²) in [6.07, 6.45) is 0. The van der Waals surface area contributed by atoms with Crippen LogP contribution in [0.1, 0.15) is 45.0 Å². The van der Waals surface area contributed by atoms with Gasteiger partial charge in [0.25, 0.3) is 5.91 Å². The van der Waals surface area contributed by atoms with Crippen molar-refractivity contribution in [1.82, 2.24) is 4.90 Å². The molecule has 0 aliphatic rings. The number of rotatable bonds is 6. The van der Waals surface area contributed by atoms with Gasteiger partial charge in [0.2, 0.25) is 5.91 Å². The summed E-state index contributed by atoms with van der Waals surface area (Å²) in [7, 11) is 0. The summed E-state index contributed by atoms with van der Waals surface area (Å²) in [5, 5.41) is 2.85. The molecule has 0 fully saturated rings. The molecule has 22 heavy (non-hydrogen) atoms. The fraction of sp³-hybridized carbons (Fsp3) is 0.529. The Balaban J connectivity index is 2.72. The minimum Gasteiger partial charge on any atom is -0.339 e. The average molecular weight is 322 g/mol. The van der Waals surface area contributed by atoms with Crippen molar-refractivity contribution >= 4 is 29.3 Å². The second-order valence-corrected chi connectivity index (χ2v) is 7.81. The van der Waals surface area contributed by atoms with E-state index >= 15 is 0 Å². The quantitative estimate of drug-likeness (QED) is 0.870. The number of thioether (sulfide) groups is 1. The predicted octanol–water partition coefficient (Wildman–Crippen LogP) is 3.64. The van der Waals surface area contributed by atoms with Crippen LogP contribution in [0.2, 0.25) is 0 Å². The van der Waals surface area contributed by atoms with Gasteiger partial charge in [0.15, 0.2) is 0 Å². The molecule has 1 N–H and O–H groups in total. The fourth-order valence-electron chi connectivity index (χ4n) is 1.90. The van der Waals surface area contributed by atoms with Crippen LogP contribution in [0.4, 0.5) is 5.69 Å². The third kappa shape index (κ3) is 6.10. The second-order valence-electron chi connectivity index (χ2n) is 6.01. The molecule has 1 aromatic rings. The monoisotopic (exact) mass is 322 g/mol. The Hall–Kier alpha value is -1.49. The summed E-state index contributed by atoms with van der Waals surface area (Å²) < 4.78 is 0.0535. The van der Waals surface area contributed by atoms with Crippen molar-refractivity contribution in [2.75, 3.05) is 24.2 Å². The molecule has 0 radical (unpaired) electrons. The number of nitrogens with zero attached hydrogens (tertiary/aromatic N) is 1. The summed E-state index contributed by atoms with van der Waals surface area (Å²) >= 11 is 1.60. The molecule has 5 heteroatoms. The fourth-order valence-corrected chi connectivity index (χ4v) is 2.54. The SMILES string of the molecule is CCN(CC)C(=O)c1cccc(NC(=O)CSC(C)(C)C)c1. The summed E-state index contributed by atoms with van der Waals surface area (Å²) in [6, 6.07) is 7.11. The maximum Gasteiger partial charge on any atom is 0.253 e. The lowest BCUT2D eigenvalue weighted by Gasteiger charge is -2.19. The molecule has 0 saturated carbocycles. The van der Waals surface area contributed by atoms with E-state index in [-0.39, 0.29) is 16.6 Å². The van der Waals surface area contributed by atoms with E-state index in [9.17, 15) is 9.59 Å². The summed E-state index contributed by atoms with van der Waals surface area (Å²) in [6.45, 7) is 11.5. The van der Waals surface area contributed by atoms with Crippen molar-refractivity contribution in [2.24, 2.45) is 0 Å². The van der Waals surface area contributed by atoms with Crippen molar-refractivity contribution in [2.45, 2.75) is 39.4 Å². The van der Waals surface area contributed by atoms with E-state index in [0.29, 0.717) is 30.1 Å². The van der Waals surface area contributed by atoms with Crippen molar-refractivity contribution in [3.8, 4) is 0 Å². The van der Waals surface area contributed by atoms with Crippen LogP contribution >= 0.6 is 11.8 Å². The van der Waals surface area contributed by atoms with Crippen molar-refractivity contribution in [3.63, 3.8) is 0 Å². The first-order valence-electron chi connectivity index (χ1n) is 7.60. The van der Waals surface area contributed by atoms with Gasteiger partial charge in [-0.15, -0.1) is 11.8 Å². The highest BCUT2D eigenvalue weighted by Crippen LogP contribution is 2.23. The van der Waals surface area contributed by atoms with E-state index in [4.69, 9.17) is 0 Å². The molecule has 1 rings (SSSR count). The standard InChI is InChI=1S/C17H26N2O2S/c1-6-19(7-2)16(21)13-9-8-10-14(11-13)18-15(20)12-22-17(3,4)5/h8-11H,6-7,12H2,1-5H3,(H,18,20). The number of anilines is 1. The first kappa shape index (κ1) is 18.6. The van der Waals surface area contributed by atoms with E-state index in [2.05, 4.69) is 26.1 Å². The van der Waals surface area contributed by atoms with Gasteiger partial charge in [-0.25, -0.2) is 0 Å². The largest absolute Gasteiger partial charge is 0.339 e. The molecule has 2 amide bonds. The Kier molecular flexibility index (Phi) is 6.94. The third-order valence-electron chi connectivity index (χ3n) is 3.08. The van der Waals surface area contributed by atoms with Gasteiger partial charge in [-0.2, -0.15) is 0 Å². The molecule has 0 aliphatic heterocycles. The molecule has 0 atom stereocenters. The van der Waals surface area contributed by atoms with Crippen LogP contribution in [0.25, 0.3) is 0 Å². The second kappa shape index (κ2) is 8.22. The summed E-state index contributed by atoms with van der Waals surface area (Å²) in [4.78, 5) is 26.0. The number of benzene rings is 1. The van der Waals surface area contributed by atoms with Crippen molar-refractivity contribution < 1.29 is 9.59 Å². The first-order valence-corrected chi connectivity index (χ1v) is 8.58. The average Bonchev–Trinajstić information content (AvgIpc) is 2.46. The van der Waals surface area contributed by atoms with Gasteiger partial charge in [-0.3, -0.25) is 9.59 Å². The maximum absolute atomic E-state index is 12.3. The smallest absolute Gasteiger partial charge is 0.253 e. The van der Waals surface area contributed by atoms with Gasteiger partial charge < -0.3 is 10.2 Å². The molecule has 0 spiro atoms. The Morgan fingerprint density at radius 2 is 1.82 bits per heavy atom. The lowest BCUT2D eigenvalue weighted by Crippen LogP contribution is -2.30. The van der Waals surface area contributed by atoms with E-state index in [1.54, 1.807) is 40.9 Å². The molecule has 0 bridgehead atoms. The molecule has 0 heterocycles. The summed E-state index contributed by atoms with van der Waals surface area (Å²) in [5.74, 6) is 0.343. The Labute approximate surface area is 137 Å². The van der Waals surface area contributed by atoms with Gasteiger partial charge in [0.1, 0.15) is 0 Å². The highest BCUT2D eigenvalue weighted by molar-refractivity contribution is 8.01. The topological polar surface area (TPSA) is 49.4 Å². The zero-order chi connectivity index (χ0) is 16.8. The molecule has 0 saturated heterocycles. The van der Waals surface area contributed by atoms with Crippen LogP contribution < -0.4 is 5.32 Å². The Morgan fingerprint density at radius 1 is 1.18 bits per heavy atom. The van der Waals surface area contributed by atoms with Crippen molar-refractivity contribution in [1.29, 1.82) is 0 Å². The molecule has 0 aromatic heterocycles. The van der Waals surface area contributed by atoms with Gasteiger partial charge >= 0.3 is 0 Å². The lowest BCUT2D eigenvalue weighted by molar-refractivity contribution is -0.113. The van der Waals surface area contributed by atoms with Gasteiger partial charge in [0, 0.05) is 29.1 Å². The van der Waals surface area contributed by atoms with Crippen LogP contribution in [-0.2, 0) is 4.79 Å². The van der Waals surface area contributed by atoms with Gasteiger partial charge in [-0.1, -0.05) is 26.8 Å². The first-order chi connectivity index (χ1) is 10.3. The zero-order valence-corrected chi connectivity index (χ0v) is 14.9.